The van der Waals surface area contributed by atoms with Gasteiger partial charge in [-0.2, -0.15) is 0 Å². The number of rotatable bonds is 8. The summed E-state index contributed by atoms with van der Waals surface area (Å²) in [7, 11) is 3.90. The Morgan fingerprint density at radius 3 is 2.29 bits per heavy atom. The number of likely N-dealkylation sites (N-methyl/N-ethyl adjacent to an activating group) is 1. The molecule has 24 heavy (non-hydrogen) atoms. The molecule has 0 unspecified atom stereocenters. The summed E-state index contributed by atoms with van der Waals surface area (Å²) >= 11 is 0. The molecule has 0 radical (unpaired) electrons. The summed E-state index contributed by atoms with van der Waals surface area (Å²) in [6.07, 6.45) is 0. The maximum absolute atomic E-state index is 12.2. The van der Waals surface area contributed by atoms with Crippen LogP contribution in [0.3, 0.4) is 0 Å². The standard InChI is InChI=1S/C20H25NO3/c1-4-23-20(22)19(14-21(2)3)17-10-12-18(13-11-17)24-15-16-8-6-5-7-9-16/h5-13,19H,4,14-15H2,1-3H3/t19-/m1/s1. The Balaban J connectivity index is 2.03. The van der Waals surface area contributed by atoms with Crippen LogP contribution in [0.15, 0.2) is 54.6 Å². The van der Waals surface area contributed by atoms with Gasteiger partial charge in [-0.1, -0.05) is 42.5 Å². The molecule has 0 aromatic heterocycles. The smallest absolute Gasteiger partial charge is 0.314 e. The van der Waals surface area contributed by atoms with Gasteiger partial charge in [0.2, 0.25) is 0 Å². The minimum atomic E-state index is -0.289. The zero-order chi connectivity index (χ0) is 17.4. The summed E-state index contributed by atoms with van der Waals surface area (Å²) in [6, 6.07) is 17.7. The Bertz CT molecular complexity index is 623. The minimum absolute atomic E-state index is 0.191. The molecule has 1 atom stereocenters. The van der Waals surface area contributed by atoms with Crippen LogP contribution in [0.5, 0.6) is 5.75 Å². The van der Waals surface area contributed by atoms with Gasteiger partial charge in [0.15, 0.2) is 0 Å². The lowest BCUT2D eigenvalue weighted by Crippen LogP contribution is -2.27. The number of esters is 1. The van der Waals surface area contributed by atoms with Crippen molar-refractivity contribution in [2.75, 3.05) is 27.2 Å². The molecule has 128 valence electrons. The fourth-order valence-corrected chi connectivity index (χ4v) is 2.46. The largest absolute Gasteiger partial charge is 0.489 e. The number of benzene rings is 2. The molecule has 2 aromatic carbocycles. The van der Waals surface area contributed by atoms with E-state index in [2.05, 4.69) is 0 Å². The highest BCUT2D eigenvalue weighted by molar-refractivity contribution is 5.78. The molecular weight excluding hydrogens is 302 g/mol. The van der Waals surface area contributed by atoms with Gasteiger partial charge in [0.25, 0.3) is 0 Å². The summed E-state index contributed by atoms with van der Waals surface area (Å²) in [4.78, 5) is 14.2. The third kappa shape index (κ3) is 5.39. The second-order valence-corrected chi connectivity index (χ2v) is 5.91. The fourth-order valence-electron chi connectivity index (χ4n) is 2.46. The SMILES string of the molecule is CCOC(=O)[C@H](CN(C)C)c1ccc(OCc2ccccc2)cc1. The molecule has 0 aliphatic carbocycles. The Morgan fingerprint density at radius 2 is 1.71 bits per heavy atom. The van der Waals surface area contributed by atoms with Crippen LogP contribution in [-0.2, 0) is 16.1 Å². The number of hydrogen-bond acceptors (Lipinski definition) is 4. The monoisotopic (exact) mass is 327 g/mol. The highest BCUT2D eigenvalue weighted by atomic mass is 16.5. The molecule has 0 aliphatic rings. The van der Waals surface area contributed by atoms with Crippen molar-refractivity contribution in [1.29, 1.82) is 0 Å². The second kappa shape index (κ2) is 9.08. The molecule has 0 saturated heterocycles. The van der Waals surface area contributed by atoms with Crippen molar-refractivity contribution >= 4 is 5.97 Å². The van der Waals surface area contributed by atoms with Crippen LogP contribution >= 0.6 is 0 Å². The van der Waals surface area contributed by atoms with E-state index in [0.717, 1.165) is 16.9 Å². The van der Waals surface area contributed by atoms with Crippen molar-refractivity contribution < 1.29 is 14.3 Å². The first-order chi connectivity index (χ1) is 11.6. The van der Waals surface area contributed by atoms with Crippen LogP contribution in [-0.4, -0.2) is 38.1 Å². The lowest BCUT2D eigenvalue weighted by molar-refractivity contribution is -0.145. The van der Waals surface area contributed by atoms with E-state index in [-0.39, 0.29) is 11.9 Å². The van der Waals surface area contributed by atoms with Crippen LogP contribution in [0.25, 0.3) is 0 Å². The van der Waals surface area contributed by atoms with E-state index in [1.807, 2.05) is 80.5 Å². The van der Waals surface area contributed by atoms with E-state index in [1.165, 1.54) is 0 Å². The molecular formula is C20H25NO3. The van der Waals surface area contributed by atoms with E-state index in [9.17, 15) is 4.79 Å². The van der Waals surface area contributed by atoms with Crippen LogP contribution in [0.2, 0.25) is 0 Å². The lowest BCUT2D eigenvalue weighted by Gasteiger charge is -2.20. The predicted octanol–water partition coefficient (Wildman–Crippen LogP) is 3.47. The molecule has 2 aromatic rings. The maximum Gasteiger partial charge on any atom is 0.314 e. The zero-order valence-electron chi connectivity index (χ0n) is 14.6. The normalized spacial score (nSPS) is 12.0. The quantitative estimate of drug-likeness (QED) is 0.696. The second-order valence-electron chi connectivity index (χ2n) is 5.91. The lowest BCUT2D eigenvalue weighted by atomic mass is 9.98. The zero-order valence-corrected chi connectivity index (χ0v) is 14.6. The van der Waals surface area contributed by atoms with Crippen molar-refractivity contribution in [3.8, 4) is 5.75 Å². The summed E-state index contributed by atoms with van der Waals surface area (Å²) < 4.78 is 11.0. The van der Waals surface area contributed by atoms with E-state index >= 15 is 0 Å². The van der Waals surface area contributed by atoms with Crippen molar-refractivity contribution in [3.63, 3.8) is 0 Å². The molecule has 0 amide bonds. The van der Waals surface area contributed by atoms with Gasteiger partial charge < -0.3 is 14.4 Å². The molecule has 0 fully saturated rings. The molecule has 2 rings (SSSR count). The highest BCUT2D eigenvalue weighted by Gasteiger charge is 2.22. The van der Waals surface area contributed by atoms with E-state index in [1.54, 1.807) is 0 Å². The van der Waals surface area contributed by atoms with E-state index < -0.39 is 0 Å². The first kappa shape index (κ1) is 18.0. The Morgan fingerprint density at radius 1 is 1.04 bits per heavy atom. The maximum atomic E-state index is 12.2. The van der Waals surface area contributed by atoms with Gasteiger partial charge in [-0.15, -0.1) is 0 Å². The molecule has 0 bridgehead atoms. The molecule has 0 heterocycles. The van der Waals surface area contributed by atoms with Gasteiger partial charge >= 0.3 is 5.97 Å². The van der Waals surface area contributed by atoms with Gasteiger partial charge in [0.1, 0.15) is 12.4 Å². The van der Waals surface area contributed by atoms with Crippen molar-refractivity contribution in [2.45, 2.75) is 19.4 Å². The van der Waals surface area contributed by atoms with Crippen LogP contribution in [0.1, 0.15) is 24.0 Å². The van der Waals surface area contributed by atoms with Crippen molar-refractivity contribution in [1.82, 2.24) is 4.90 Å². The summed E-state index contributed by atoms with van der Waals surface area (Å²) in [5, 5.41) is 0. The van der Waals surface area contributed by atoms with E-state index in [0.29, 0.717) is 19.8 Å². The highest BCUT2D eigenvalue weighted by Crippen LogP contribution is 2.22. The number of hydrogen-bond donors (Lipinski definition) is 0. The Kier molecular flexibility index (Phi) is 6.82. The van der Waals surface area contributed by atoms with Gasteiger partial charge in [-0.05, 0) is 44.3 Å². The van der Waals surface area contributed by atoms with Crippen LogP contribution in [0.4, 0.5) is 0 Å². The first-order valence-corrected chi connectivity index (χ1v) is 8.18. The van der Waals surface area contributed by atoms with Crippen molar-refractivity contribution in [2.24, 2.45) is 0 Å². The molecule has 0 N–H and O–H groups in total. The average Bonchev–Trinajstić information content (AvgIpc) is 2.59. The summed E-state index contributed by atoms with van der Waals surface area (Å²) in [5.41, 5.74) is 2.06. The molecule has 4 heteroatoms. The first-order valence-electron chi connectivity index (χ1n) is 8.18. The topological polar surface area (TPSA) is 38.8 Å². The van der Waals surface area contributed by atoms with Gasteiger partial charge in [0, 0.05) is 6.54 Å². The third-order valence-electron chi connectivity index (χ3n) is 3.65. The van der Waals surface area contributed by atoms with E-state index in [4.69, 9.17) is 9.47 Å². The molecule has 0 spiro atoms. The Hall–Kier alpha value is -2.33. The summed E-state index contributed by atoms with van der Waals surface area (Å²) in [5.74, 6) is 0.308. The van der Waals surface area contributed by atoms with Gasteiger partial charge in [-0.3, -0.25) is 4.79 Å². The Labute approximate surface area is 144 Å². The fraction of sp³-hybridized carbons (Fsp3) is 0.350. The number of carbonyl (C=O) groups is 1. The minimum Gasteiger partial charge on any atom is -0.489 e. The number of carbonyl (C=O) groups excluding carboxylic acids is 1. The molecule has 0 aliphatic heterocycles. The van der Waals surface area contributed by atoms with Gasteiger partial charge in [-0.25, -0.2) is 0 Å². The van der Waals surface area contributed by atoms with Crippen LogP contribution < -0.4 is 4.74 Å². The number of ether oxygens (including phenoxy) is 2. The predicted molar refractivity (Wildman–Crippen MR) is 95.1 cm³/mol. The third-order valence-corrected chi connectivity index (χ3v) is 3.65. The van der Waals surface area contributed by atoms with Crippen molar-refractivity contribution in [3.05, 3.63) is 65.7 Å². The van der Waals surface area contributed by atoms with Crippen LogP contribution in [0, 0.1) is 0 Å². The van der Waals surface area contributed by atoms with Gasteiger partial charge in [0.05, 0.1) is 12.5 Å². The summed E-state index contributed by atoms with van der Waals surface area (Å²) in [6.45, 7) is 3.36. The number of nitrogens with zero attached hydrogens (tertiary/aromatic N) is 1. The molecule has 4 nitrogen and oxygen atoms in total. The molecule has 0 saturated carbocycles. The average molecular weight is 327 g/mol.